The number of β-amino-alcohol motifs (C(OH)–C–C–N with tert-alkyl or cyclic N) is 1. The van der Waals surface area contributed by atoms with Crippen LogP contribution >= 0.6 is 0 Å². The molecule has 130 valence electrons. The van der Waals surface area contributed by atoms with Crippen LogP contribution in [0.3, 0.4) is 0 Å². The molecular weight excluding hydrogens is 312 g/mol. The van der Waals surface area contributed by atoms with Crippen molar-refractivity contribution in [1.29, 1.82) is 5.26 Å². The molecule has 1 saturated heterocycles. The van der Waals surface area contributed by atoms with E-state index >= 15 is 0 Å². The molecule has 0 spiro atoms. The SMILES string of the molecule is N#Cc1ccc(NCC2CCN(CC(O)c3ccccc3)CC2)cn1. The number of rotatable bonds is 6. The van der Waals surface area contributed by atoms with Gasteiger partial charge in [-0.25, -0.2) is 4.98 Å². The van der Waals surface area contributed by atoms with Gasteiger partial charge in [-0.3, -0.25) is 0 Å². The number of anilines is 1. The maximum Gasteiger partial charge on any atom is 0.140 e. The molecule has 1 aromatic carbocycles. The monoisotopic (exact) mass is 336 g/mol. The summed E-state index contributed by atoms with van der Waals surface area (Å²) in [5, 5.41) is 22.5. The molecule has 3 rings (SSSR count). The van der Waals surface area contributed by atoms with Gasteiger partial charge in [0.2, 0.25) is 0 Å². The lowest BCUT2D eigenvalue weighted by Crippen LogP contribution is -2.38. The molecular formula is C20H24N4O. The Bertz CT molecular complexity index is 688. The van der Waals surface area contributed by atoms with Crippen LogP contribution in [-0.2, 0) is 0 Å². The summed E-state index contributed by atoms with van der Waals surface area (Å²) in [4.78, 5) is 6.42. The average Bonchev–Trinajstić information content (AvgIpc) is 2.68. The smallest absolute Gasteiger partial charge is 0.140 e. The zero-order valence-electron chi connectivity index (χ0n) is 14.3. The maximum absolute atomic E-state index is 10.3. The van der Waals surface area contributed by atoms with Crippen molar-refractivity contribution in [3.63, 3.8) is 0 Å². The summed E-state index contributed by atoms with van der Waals surface area (Å²) >= 11 is 0. The van der Waals surface area contributed by atoms with Crippen LogP contribution in [-0.4, -0.2) is 41.2 Å². The summed E-state index contributed by atoms with van der Waals surface area (Å²) in [6.07, 6.45) is 3.54. The number of likely N-dealkylation sites (tertiary alicyclic amines) is 1. The first-order chi connectivity index (χ1) is 12.2. The average molecular weight is 336 g/mol. The van der Waals surface area contributed by atoms with Crippen LogP contribution in [0.1, 0.15) is 30.2 Å². The van der Waals surface area contributed by atoms with Gasteiger partial charge >= 0.3 is 0 Å². The summed E-state index contributed by atoms with van der Waals surface area (Å²) in [6.45, 7) is 3.65. The highest BCUT2D eigenvalue weighted by Crippen LogP contribution is 2.21. The van der Waals surface area contributed by atoms with Crippen molar-refractivity contribution in [2.45, 2.75) is 18.9 Å². The van der Waals surface area contributed by atoms with Crippen LogP contribution < -0.4 is 5.32 Å². The summed E-state index contributed by atoms with van der Waals surface area (Å²) < 4.78 is 0. The van der Waals surface area contributed by atoms with E-state index in [1.807, 2.05) is 42.5 Å². The fraction of sp³-hybridized carbons (Fsp3) is 0.400. The van der Waals surface area contributed by atoms with Crippen LogP contribution in [0.5, 0.6) is 0 Å². The lowest BCUT2D eigenvalue weighted by atomic mass is 9.96. The van der Waals surface area contributed by atoms with E-state index in [1.165, 1.54) is 0 Å². The topological polar surface area (TPSA) is 72.2 Å². The largest absolute Gasteiger partial charge is 0.387 e. The van der Waals surface area contributed by atoms with Crippen molar-refractivity contribution < 1.29 is 5.11 Å². The number of benzene rings is 1. The molecule has 0 amide bonds. The normalized spacial score (nSPS) is 17.0. The molecule has 2 heterocycles. The Morgan fingerprint density at radius 2 is 1.96 bits per heavy atom. The molecule has 1 atom stereocenters. The minimum absolute atomic E-state index is 0.416. The predicted octanol–water partition coefficient (Wildman–Crippen LogP) is 2.81. The molecule has 1 unspecified atom stereocenters. The molecule has 0 bridgehead atoms. The Balaban J connectivity index is 1.40. The summed E-state index contributed by atoms with van der Waals surface area (Å²) in [6, 6.07) is 15.5. The number of piperidine rings is 1. The van der Waals surface area contributed by atoms with Crippen molar-refractivity contribution in [1.82, 2.24) is 9.88 Å². The zero-order valence-corrected chi connectivity index (χ0v) is 14.3. The highest BCUT2D eigenvalue weighted by atomic mass is 16.3. The van der Waals surface area contributed by atoms with Crippen LogP contribution in [0, 0.1) is 17.2 Å². The third-order valence-electron chi connectivity index (χ3n) is 4.80. The number of nitrogens with zero attached hydrogens (tertiary/aromatic N) is 3. The van der Waals surface area contributed by atoms with Gasteiger partial charge in [-0.1, -0.05) is 30.3 Å². The number of aromatic nitrogens is 1. The summed E-state index contributed by atoms with van der Waals surface area (Å²) in [7, 11) is 0. The van der Waals surface area contributed by atoms with E-state index in [0.29, 0.717) is 18.2 Å². The van der Waals surface area contributed by atoms with E-state index in [4.69, 9.17) is 5.26 Å². The fourth-order valence-electron chi connectivity index (χ4n) is 3.23. The number of aliphatic hydroxyl groups is 1. The molecule has 1 aromatic heterocycles. The number of hydrogen-bond donors (Lipinski definition) is 2. The third-order valence-corrected chi connectivity index (χ3v) is 4.80. The highest BCUT2D eigenvalue weighted by molar-refractivity contribution is 5.42. The van der Waals surface area contributed by atoms with E-state index in [0.717, 1.165) is 43.7 Å². The van der Waals surface area contributed by atoms with Gasteiger partial charge in [-0.15, -0.1) is 0 Å². The first-order valence-corrected chi connectivity index (χ1v) is 8.80. The first-order valence-electron chi connectivity index (χ1n) is 8.80. The van der Waals surface area contributed by atoms with Crippen molar-refractivity contribution in [3.8, 4) is 6.07 Å². The predicted molar refractivity (Wildman–Crippen MR) is 98.0 cm³/mol. The van der Waals surface area contributed by atoms with Crippen molar-refractivity contribution in [2.75, 3.05) is 31.5 Å². The van der Waals surface area contributed by atoms with Crippen LogP contribution in [0.2, 0.25) is 0 Å². The van der Waals surface area contributed by atoms with Gasteiger partial charge in [-0.05, 0) is 49.5 Å². The van der Waals surface area contributed by atoms with Gasteiger partial charge in [0, 0.05) is 13.1 Å². The van der Waals surface area contributed by atoms with Gasteiger partial charge in [0.05, 0.1) is 18.0 Å². The molecule has 1 aliphatic heterocycles. The number of hydrogen-bond acceptors (Lipinski definition) is 5. The molecule has 5 heteroatoms. The zero-order chi connectivity index (χ0) is 17.5. The number of nitrogens with one attached hydrogen (secondary N) is 1. The summed E-state index contributed by atoms with van der Waals surface area (Å²) in [5.41, 5.74) is 2.39. The Morgan fingerprint density at radius 1 is 1.20 bits per heavy atom. The van der Waals surface area contributed by atoms with Crippen molar-refractivity contribution in [2.24, 2.45) is 5.92 Å². The van der Waals surface area contributed by atoms with E-state index in [-0.39, 0.29) is 0 Å². The molecule has 5 nitrogen and oxygen atoms in total. The second kappa shape index (κ2) is 8.61. The highest BCUT2D eigenvalue weighted by Gasteiger charge is 2.21. The van der Waals surface area contributed by atoms with E-state index in [2.05, 4.69) is 15.2 Å². The van der Waals surface area contributed by atoms with Gasteiger partial charge < -0.3 is 15.3 Å². The number of nitriles is 1. The minimum Gasteiger partial charge on any atom is -0.387 e. The molecule has 1 aliphatic rings. The Morgan fingerprint density at radius 3 is 2.60 bits per heavy atom. The van der Waals surface area contributed by atoms with Gasteiger partial charge in [0.15, 0.2) is 0 Å². The maximum atomic E-state index is 10.3. The third kappa shape index (κ3) is 5.02. The van der Waals surface area contributed by atoms with E-state index in [1.54, 1.807) is 12.3 Å². The summed E-state index contributed by atoms with van der Waals surface area (Å²) in [5.74, 6) is 0.626. The first kappa shape index (κ1) is 17.4. The molecule has 2 aromatic rings. The molecule has 25 heavy (non-hydrogen) atoms. The molecule has 2 N–H and O–H groups in total. The Kier molecular flexibility index (Phi) is 5.99. The molecule has 0 aliphatic carbocycles. The lowest BCUT2D eigenvalue weighted by Gasteiger charge is -2.33. The second-order valence-corrected chi connectivity index (χ2v) is 6.60. The van der Waals surface area contributed by atoms with Crippen molar-refractivity contribution >= 4 is 5.69 Å². The number of pyridine rings is 1. The standard InChI is InChI=1S/C20H24N4O/c21-12-18-6-7-19(14-23-18)22-13-16-8-10-24(11-9-16)15-20(25)17-4-2-1-3-5-17/h1-7,14,16,20,22,25H,8-11,13,15H2. The van der Waals surface area contributed by atoms with Crippen LogP contribution in [0.25, 0.3) is 0 Å². The lowest BCUT2D eigenvalue weighted by molar-refractivity contribution is 0.0909. The van der Waals surface area contributed by atoms with Gasteiger partial charge in [0.1, 0.15) is 11.8 Å². The molecule has 0 saturated carbocycles. The van der Waals surface area contributed by atoms with Crippen LogP contribution in [0.4, 0.5) is 5.69 Å². The van der Waals surface area contributed by atoms with Gasteiger partial charge in [-0.2, -0.15) is 5.26 Å². The van der Waals surface area contributed by atoms with E-state index < -0.39 is 6.10 Å². The quantitative estimate of drug-likeness (QED) is 0.849. The van der Waals surface area contributed by atoms with E-state index in [9.17, 15) is 5.11 Å². The minimum atomic E-state index is -0.416. The van der Waals surface area contributed by atoms with Gasteiger partial charge in [0.25, 0.3) is 0 Å². The Labute approximate surface area is 148 Å². The Hall–Kier alpha value is -2.42. The second-order valence-electron chi connectivity index (χ2n) is 6.60. The molecule has 0 radical (unpaired) electrons. The molecule has 1 fully saturated rings. The fourth-order valence-corrected chi connectivity index (χ4v) is 3.23. The number of aliphatic hydroxyl groups excluding tert-OH is 1. The van der Waals surface area contributed by atoms with Crippen molar-refractivity contribution in [3.05, 3.63) is 59.9 Å². The van der Waals surface area contributed by atoms with Crippen LogP contribution in [0.15, 0.2) is 48.7 Å².